The number of nitrogen functional groups attached to an aromatic ring is 1. The van der Waals surface area contributed by atoms with Gasteiger partial charge in [0.05, 0.1) is 15.8 Å². The number of fused-ring (bicyclic) bond motifs is 1. The first-order chi connectivity index (χ1) is 9.84. The third-order valence-corrected chi connectivity index (χ3v) is 4.28. The topological polar surface area (TPSA) is 38.9 Å². The molecular formula is C15H11F3N2S. The van der Waals surface area contributed by atoms with Crippen LogP contribution in [0.1, 0.15) is 11.1 Å². The fourth-order valence-electron chi connectivity index (χ4n) is 2.09. The van der Waals surface area contributed by atoms with Crippen LogP contribution in [0, 0.1) is 6.92 Å². The van der Waals surface area contributed by atoms with E-state index in [0.717, 1.165) is 28.0 Å². The van der Waals surface area contributed by atoms with Gasteiger partial charge in [-0.1, -0.05) is 6.07 Å². The molecule has 6 heteroatoms. The molecule has 0 amide bonds. The zero-order valence-electron chi connectivity index (χ0n) is 11.0. The Morgan fingerprint density at radius 3 is 2.57 bits per heavy atom. The Balaban J connectivity index is 2.15. The van der Waals surface area contributed by atoms with E-state index >= 15 is 0 Å². The number of aryl methyl sites for hydroxylation is 1. The lowest BCUT2D eigenvalue weighted by molar-refractivity contribution is -0.137. The van der Waals surface area contributed by atoms with Gasteiger partial charge in [0, 0.05) is 11.3 Å². The molecule has 0 spiro atoms. The summed E-state index contributed by atoms with van der Waals surface area (Å²) in [6, 6.07) is 9.07. The molecule has 2 nitrogen and oxygen atoms in total. The number of alkyl halides is 3. The number of halogens is 3. The van der Waals surface area contributed by atoms with E-state index < -0.39 is 11.7 Å². The minimum Gasteiger partial charge on any atom is -0.399 e. The van der Waals surface area contributed by atoms with E-state index in [2.05, 4.69) is 4.98 Å². The number of hydrogen-bond acceptors (Lipinski definition) is 3. The highest BCUT2D eigenvalue weighted by Crippen LogP contribution is 2.36. The highest BCUT2D eigenvalue weighted by molar-refractivity contribution is 7.21. The Kier molecular flexibility index (Phi) is 3.13. The molecule has 0 aliphatic rings. The van der Waals surface area contributed by atoms with Gasteiger partial charge < -0.3 is 5.73 Å². The summed E-state index contributed by atoms with van der Waals surface area (Å²) < 4.78 is 38.9. The van der Waals surface area contributed by atoms with Gasteiger partial charge in [0.1, 0.15) is 5.01 Å². The summed E-state index contributed by atoms with van der Waals surface area (Å²) >= 11 is 1.36. The maximum absolute atomic E-state index is 12.7. The highest BCUT2D eigenvalue weighted by Gasteiger charge is 2.30. The van der Waals surface area contributed by atoms with E-state index in [1.165, 1.54) is 17.4 Å². The second-order valence-electron chi connectivity index (χ2n) is 4.77. The van der Waals surface area contributed by atoms with E-state index in [1.807, 2.05) is 13.0 Å². The smallest absolute Gasteiger partial charge is 0.399 e. The predicted octanol–water partition coefficient (Wildman–Crippen LogP) is 4.87. The summed E-state index contributed by atoms with van der Waals surface area (Å²) in [4.78, 5) is 4.32. The Labute approximate surface area is 123 Å². The molecular weight excluding hydrogens is 297 g/mol. The van der Waals surface area contributed by atoms with Crippen molar-refractivity contribution in [3.63, 3.8) is 0 Å². The van der Waals surface area contributed by atoms with E-state index in [1.54, 1.807) is 12.1 Å². The van der Waals surface area contributed by atoms with Crippen molar-refractivity contribution in [1.29, 1.82) is 0 Å². The maximum atomic E-state index is 12.7. The fourth-order valence-corrected chi connectivity index (χ4v) is 3.12. The summed E-state index contributed by atoms with van der Waals surface area (Å²) in [6.45, 7) is 1.92. The van der Waals surface area contributed by atoms with Gasteiger partial charge in [0.25, 0.3) is 0 Å². The van der Waals surface area contributed by atoms with Crippen molar-refractivity contribution in [3.8, 4) is 10.6 Å². The zero-order chi connectivity index (χ0) is 15.2. The SMILES string of the molecule is Cc1ccc(N)cc1-c1nc2cc(C(F)(F)F)ccc2s1. The van der Waals surface area contributed by atoms with Crippen LogP contribution in [0.3, 0.4) is 0 Å². The molecule has 2 aromatic carbocycles. The molecule has 0 unspecified atom stereocenters. The normalized spacial score (nSPS) is 12.0. The van der Waals surface area contributed by atoms with Crippen LogP contribution < -0.4 is 5.73 Å². The van der Waals surface area contributed by atoms with Gasteiger partial charge in [-0.15, -0.1) is 11.3 Å². The van der Waals surface area contributed by atoms with E-state index in [-0.39, 0.29) is 0 Å². The third kappa shape index (κ3) is 2.58. The van der Waals surface area contributed by atoms with Crippen molar-refractivity contribution >= 4 is 27.2 Å². The molecule has 0 bridgehead atoms. The van der Waals surface area contributed by atoms with Crippen molar-refractivity contribution in [1.82, 2.24) is 4.98 Å². The number of hydrogen-bond donors (Lipinski definition) is 1. The van der Waals surface area contributed by atoms with Crippen molar-refractivity contribution in [2.24, 2.45) is 0 Å². The zero-order valence-corrected chi connectivity index (χ0v) is 11.8. The molecule has 1 aromatic heterocycles. The number of benzene rings is 2. The van der Waals surface area contributed by atoms with Gasteiger partial charge in [-0.25, -0.2) is 4.98 Å². The number of anilines is 1. The molecule has 2 N–H and O–H groups in total. The van der Waals surface area contributed by atoms with Crippen LogP contribution >= 0.6 is 11.3 Å². The van der Waals surface area contributed by atoms with Crippen molar-refractivity contribution in [2.45, 2.75) is 13.1 Å². The first-order valence-electron chi connectivity index (χ1n) is 6.19. The van der Waals surface area contributed by atoms with E-state index in [4.69, 9.17) is 5.73 Å². The summed E-state index contributed by atoms with van der Waals surface area (Å²) in [5.41, 5.74) is 7.88. The molecule has 3 rings (SSSR count). The van der Waals surface area contributed by atoms with Crippen LogP contribution in [0.2, 0.25) is 0 Å². The average molecular weight is 308 g/mol. The number of rotatable bonds is 1. The number of aromatic nitrogens is 1. The van der Waals surface area contributed by atoms with Crippen molar-refractivity contribution in [2.75, 3.05) is 5.73 Å². The van der Waals surface area contributed by atoms with Crippen LogP contribution in [0.4, 0.5) is 18.9 Å². The second kappa shape index (κ2) is 4.73. The lowest BCUT2D eigenvalue weighted by atomic mass is 10.1. The molecule has 0 aliphatic carbocycles. The van der Waals surface area contributed by atoms with Crippen LogP contribution in [0.5, 0.6) is 0 Å². The molecule has 0 radical (unpaired) electrons. The van der Waals surface area contributed by atoms with Crippen molar-refractivity contribution < 1.29 is 13.2 Å². The molecule has 3 aromatic rings. The average Bonchev–Trinajstić information content (AvgIpc) is 2.83. The van der Waals surface area contributed by atoms with Crippen molar-refractivity contribution in [3.05, 3.63) is 47.5 Å². The quantitative estimate of drug-likeness (QED) is 0.651. The highest BCUT2D eigenvalue weighted by atomic mass is 32.1. The number of nitrogens with two attached hydrogens (primary N) is 1. The monoisotopic (exact) mass is 308 g/mol. The molecule has 0 saturated carbocycles. The Morgan fingerprint density at radius 2 is 1.86 bits per heavy atom. The molecule has 108 valence electrons. The molecule has 0 aliphatic heterocycles. The van der Waals surface area contributed by atoms with Crippen LogP contribution in [-0.2, 0) is 6.18 Å². The minimum absolute atomic E-state index is 0.353. The number of nitrogens with zero attached hydrogens (tertiary/aromatic N) is 1. The second-order valence-corrected chi connectivity index (χ2v) is 5.80. The Bertz CT molecular complexity index is 821. The largest absolute Gasteiger partial charge is 0.416 e. The first-order valence-corrected chi connectivity index (χ1v) is 7.00. The lowest BCUT2D eigenvalue weighted by Crippen LogP contribution is -2.03. The summed E-state index contributed by atoms with van der Waals surface area (Å²) in [5, 5.41) is 0.675. The van der Waals surface area contributed by atoms with Crippen LogP contribution in [-0.4, -0.2) is 4.98 Å². The lowest BCUT2D eigenvalue weighted by Gasteiger charge is -2.04. The van der Waals surface area contributed by atoms with Gasteiger partial charge in [0.2, 0.25) is 0 Å². The molecule has 1 heterocycles. The van der Waals surface area contributed by atoms with E-state index in [9.17, 15) is 13.2 Å². The predicted molar refractivity (Wildman–Crippen MR) is 79.2 cm³/mol. The van der Waals surface area contributed by atoms with Gasteiger partial charge >= 0.3 is 6.18 Å². The van der Waals surface area contributed by atoms with Gasteiger partial charge in [-0.3, -0.25) is 0 Å². The third-order valence-electron chi connectivity index (χ3n) is 3.21. The van der Waals surface area contributed by atoms with E-state index in [0.29, 0.717) is 16.2 Å². The molecule has 21 heavy (non-hydrogen) atoms. The standard InChI is InChI=1S/C15H11F3N2S/c1-8-2-4-10(19)7-11(8)14-20-12-6-9(15(16,17)18)3-5-13(12)21-14/h2-7H,19H2,1H3. The van der Waals surface area contributed by atoms with Gasteiger partial charge in [-0.05, 0) is 42.8 Å². The fraction of sp³-hybridized carbons (Fsp3) is 0.133. The molecule has 0 atom stereocenters. The Morgan fingerprint density at radius 1 is 1.10 bits per heavy atom. The number of thiazole rings is 1. The van der Waals surface area contributed by atoms with Crippen LogP contribution in [0.25, 0.3) is 20.8 Å². The van der Waals surface area contributed by atoms with Gasteiger partial charge in [-0.2, -0.15) is 13.2 Å². The maximum Gasteiger partial charge on any atom is 0.416 e. The molecule has 0 fully saturated rings. The summed E-state index contributed by atoms with van der Waals surface area (Å²) in [6.07, 6.45) is -4.36. The molecule has 0 saturated heterocycles. The van der Waals surface area contributed by atoms with Gasteiger partial charge in [0.15, 0.2) is 0 Å². The Hall–Kier alpha value is -2.08. The minimum atomic E-state index is -4.36. The summed E-state index contributed by atoms with van der Waals surface area (Å²) in [5.74, 6) is 0. The van der Waals surface area contributed by atoms with Crippen LogP contribution in [0.15, 0.2) is 36.4 Å². The summed E-state index contributed by atoms with van der Waals surface area (Å²) in [7, 11) is 0. The first kappa shape index (κ1) is 13.9.